The number of hydrogen-bond acceptors (Lipinski definition) is 3. The summed E-state index contributed by atoms with van der Waals surface area (Å²) in [6, 6.07) is 4.32. The summed E-state index contributed by atoms with van der Waals surface area (Å²) < 4.78 is 0. The van der Waals surface area contributed by atoms with E-state index in [-0.39, 0.29) is 30.3 Å². The third-order valence-corrected chi connectivity index (χ3v) is 4.57. The van der Waals surface area contributed by atoms with Crippen molar-refractivity contribution in [2.45, 2.75) is 25.8 Å². The van der Waals surface area contributed by atoms with Crippen molar-refractivity contribution in [3.63, 3.8) is 0 Å². The SMILES string of the molecule is CC(c1cccs1)N(C)C(=O)[C@@H]1CCCNC1.Cl. The Kier molecular flexibility index (Phi) is 6.12. The van der Waals surface area contributed by atoms with Crippen molar-refractivity contribution in [1.29, 1.82) is 0 Å². The molecule has 1 N–H and O–H groups in total. The monoisotopic (exact) mass is 288 g/mol. The van der Waals surface area contributed by atoms with Gasteiger partial charge in [0.15, 0.2) is 0 Å². The smallest absolute Gasteiger partial charge is 0.227 e. The third-order valence-electron chi connectivity index (χ3n) is 3.53. The van der Waals surface area contributed by atoms with E-state index in [0.717, 1.165) is 25.9 Å². The van der Waals surface area contributed by atoms with Crippen molar-refractivity contribution in [2.24, 2.45) is 5.92 Å². The summed E-state index contributed by atoms with van der Waals surface area (Å²) in [5.74, 6) is 0.439. The molecule has 3 nitrogen and oxygen atoms in total. The zero-order valence-corrected chi connectivity index (χ0v) is 12.5. The van der Waals surface area contributed by atoms with E-state index in [1.165, 1.54) is 4.88 Å². The highest BCUT2D eigenvalue weighted by molar-refractivity contribution is 7.10. The number of nitrogens with zero attached hydrogens (tertiary/aromatic N) is 1. The molecule has 0 saturated carbocycles. The van der Waals surface area contributed by atoms with Gasteiger partial charge in [-0.2, -0.15) is 0 Å². The largest absolute Gasteiger partial charge is 0.338 e. The maximum Gasteiger partial charge on any atom is 0.227 e. The first-order valence-electron chi connectivity index (χ1n) is 6.21. The predicted molar refractivity (Wildman–Crippen MR) is 78.3 cm³/mol. The summed E-state index contributed by atoms with van der Waals surface area (Å²) in [6.07, 6.45) is 2.13. The van der Waals surface area contributed by atoms with Gasteiger partial charge in [0.1, 0.15) is 0 Å². The number of hydrogen-bond donors (Lipinski definition) is 1. The average Bonchev–Trinajstić information content (AvgIpc) is 2.91. The molecule has 0 spiro atoms. The van der Waals surface area contributed by atoms with Gasteiger partial charge in [-0.25, -0.2) is 0 Å². The van der Waals surface area contributed by atoms with Crippen molar-refractivity contribution >= 4 is 29.7 Å². The Morgan fingerprint density at radius 3 is 2.94 bits per heavy atom. The maximum absolute atomic E-state index is 12.3. The maximum atomic E-state index is 12.3. The summed E-state index contributed by atoms with van der Waals surface area (Å²) in [5, 5.41) is 5.36. The lowest BCUT2D eigenvalue weighted by Gasteiger charge is -2.30. The molecule has 0 bridgehead atoms. The van der Waals surface area contributed by atoms with Crippen LogP contribution in [-0.4, -0.2) is 30.9 Å². The molecule has 0 aromatic carbocycles. The second-order valence-electron chi connectivity index (χ2n) is 4.68. The van der Waals surface area contributed by atoms with Crippen molar-refractivity contribution in [3.8, 4) is 0 Å². The van der Waals surface area contributed by atoms with E-state index in [4.69, 9.17) is 0 Å². The van der Waals surface area contributed by atoms with Crippen LogP contribution in [0.3, 0.4) is 0 Å². The van der Waals surface area contributed by atoms with Gasteiger partial charge in [-0.15, -0.1) is 23.7 Å². The second-order valence-corrected chi connectivity index (χ2v) is 5.66. The number of rotatable bonds is 3. The molecule has 0 radical (unpaired) electrons. The molecule has 1 fully saturated rings. The Bertz CT molecular complexity index is 363. The molecule has 1 aliphatic rings. The van der Waals surface area contributed by atoms with E-state index in [9.17, 15) is 4.79 Å². The minimum atomic E-state index is 0. The summed E-state index contributed by atoms with van der Waals surface area (Å²) in [6.45, 7) is 3.98. The molecule has 1 aliphatic heterocycles. The van der Waals surface area contributed by atoms with Gasteiger partial charge in [0.05, 0.1) is 12.0 Å². The van der Waals surface area contributed by atoms with Crippen molar-refractivity contribution in [3.05, 3.63) is 22.4 Å². The van der Waals surface area contributed by atoms with E-state index in [1.807, 2.05) is 18.0 Å². The number of thiophene rings is 1. The molecule has 2 atom stereocenters. The number of carbonyl (C=O) groups excluding carboxylic acids is 1. The Morgan fingerprint density at radius 2 is 2.39 bits per heavy atom. The summed E-state index contributed by atoms with van der Waals surface area (Å²) in [5.41, 5.74) is 0. The molecule has 2 heterocycles. The quantitative estimate of drug-likeness (QED) is 0.927. The van der Waals surface area contributed by atoms with Crippen LogP contribution >= 0.6 is 23.7 Å². The highest BCUT2D eigenvalue weighted by atomic mass is 35.5. The van der Waals surface area contributed by atoms with Crippen molar-refractivity contribution in [1.82, 2.24) is 10.2 Å². The highest BCUT2D eigenvalue weighted by Gasteiger charge is 2.27. The Balaban J connectivity index is 0.00000162. The van der Waals surface area contributed by atoms with Crippen LogP contribution in [0.5, 0.6) is 0 Å². The fraction of sp³-hybridized carbons (Fsp3) is 0.615. The van der Waals surface area contributed by atoms with Gasteiger partial charge < -0.3 is 10.2 Å². The first-order chi connectivity index (χ1) is 8.20. The molecular formula is C13H21ClN2OS. The average molecular weight is 289 g/mol. The zero-order chi connectivity index (χ0) is 12.3. The van der Waals surface area contributed by atoms with Gasteiger partial charge in [0.25, 0.3) is 0 Å². The fourth-order valence-electron chi connectivity index (χ4n) is 2.26. The van der Waals surface area contributed by atoms with Crippen LogP contribution in [0.4, 0.5) is 0 Å². The number of carbonyl (C=O) groups is 1. The minimum Gasteiger partial charge on any atom is -0.338 e. The highest BCUT2D eigenvalue weighted by Crippen LogP contribution is 2.25. The Morgan fingerprint density at radius 1 is 1.61 bits per heavy atom. The van der Waals surface area contributed by atoms with Crippen LogP contribution in [0, 0.1) is 5.92 Å². The van der Waals surface area contributed by atoms with Crippen LogP contribution in [0.25, 0.3) is 0 Å². The van der Waals surface area contributed by atoms with Gasteiger partial charge in [-0.1, -0.05) is 6.07 Å². The van der Waals surface area contributed by atoms with Gasteiger partial charge in [0, 0.05) is 18.5 Å². The summed E-state index contributed by atoms with van der Waals surface area (Å²) in [4.78, 5) is 15.5. The lowest BCUT2D eigenvalue weighted by molar-refractivity contribution is -0.136. The number of nitrogens with one attached hydrogen (secondary N) is 1. The summed E-state index contributed by atoms with van der Waals surface area (Å²) in [7, 11) is 1.92. The molecule has 5 heteroatoms. The molecule has 1 saturated heterocycles. The van der Waals surface area contributed by atoms with E-state index in [1.54, 1.807) is 11.3 Å². The first kappa shape index (κ1) is 15.5. The number of halogens is 1. The van der Waals surface area contributed by atoms with E-state index < -0.39 is 0 Å². The molecule has 18 heavy (non-hydrogen) atoms. The summed E-state index contributed by atoms with van der Waals surface area (Å²) >= 11 is 1.71. The molecular weight excluding hydrogens is 268 g/mol. The minimum absolute atomic E-state index is 0. The zero-order valence-electron chi connectivity index (χ0n) is 10.9. The van der Waals surface area contributed by atoms with E-state index >= 15 is 0 Å². The number of amides is 1. The Labute approximate surface area is 119 Å². The molecule has 0 aliphatic carbocycles. The lowest BCUT2D eigenvalue weighted by atomic mass is 9.97. The predicted octanol–water partition coefficient (Wildman–Crippen LogP) is 2.69. The normalized spacial score (nSPS) is 20.9. The molecule has 1 amide bonds. The van der Waals surface area contributed by atoms with Crippen LogP contribution in [0.15, 0.2) is 17.5 Å². The van der Waals surface area contributed by atoms with E-state index in [0.29, 0.717) is 0 Å². The van der Waals surface area contributed by atoms with Gasteiger partial charge in [-0.3, -0.25) is 4.79 Å². The number of piperidine rings is 1. The fourth-order valence-corrected chi connectivity index (χ4v) is 3.09. The van der Waals surface area contributed by atoms with Crippen LogP contribution in [0.1, 0.15) is 30.7 Å². The topological polar surface area (TPSA) is 32.3 Å². The standard InChI is InChI=1S/C13H20N2OS.ClH/c1-10(12-6-4-8-17-12)15(2)13(16)11-5-3-7-14-9-11;/h4,6,8,10-11,14H,3,5,7,9H2,1-2H3;1H/t10?,11-;/m1./s1. The third kappa shape index (κ3) is 3.46. The van der Waals surface area contributed by atoms with Gasteiger partial charge in [-0.05, 0) is 37.8 Å². The Hall–Kier alpha value is -0.580. The van der Waals surface area contributed by atoms with Gasteiger partial charge in [0.2, 0.25) is 5.91 Å². The molecule has 102 valence electrons. The molecule has 2 rings (SSSR count). The molecule has 1 aromatic rings. The van der Waals surface area contributed by atoms with Crippen LogP contribution < -0.4 is 5.32 Å². The van der Waals surface area contributed by atoms with E-state index in [2.05, 4.69) is 23.7 Å². The lowest BCUT2D eigenvalue weighted by Crippen LogP contribution is -2.42. The van der Waals surface area contributed by atoms with Crippen LogP contribution in [0.2, 0.25) is 0 Å². The van der Waals surface area contributed by atoms with Gasteiger partial charge >= 0.3 is 0 Å². The molecule has 1 unspecified atom stereocenters. The van der Waals surface area contributed by atoms with Crippen LogP contribution in [-0.2, 0) is 4.79 Å². The van der Waals surface area contributed by atoms with Crippen molar-refractivity contribution < 1.29 is 4.79 Å². The second kappa shape index (κ2) is 7.12. The molecule has 1 aromatic heterocycles. The van der Waals surface area contributed by atoms with Crippen molar-refractivity contribution in [2.75, 3.05) is 20.1 Å². The first-order valence-corrected chi connectivity index (χ1v) is 7.09.